The van der Waals surface area contributed by atoms with Crippen LogP contribution in [-0.2, 0) is 18.4 Å². The third-order valence-corrected chi connectivity index (χ3v) is 14.7. The van der Waals surface area contributed by atoms with E-state index >= 15 is 4.39 Å². The van der Waals surface area contributed by atoms with Gasteiger partial charge in [0.15, 0.2) is 0 Å². The first-order chi connectivity index (χ1) is 26.7. The van der Waals surface area contributed by atoms with E-state index in [4.69, 9.17) is 9.47 Å². The molecule has 10 rings (SSSR count). The zero-order valence-electron chi connectivity index (χ0n) is 32.1. The van der Waals surface area contributed by atoms with Gasteiger partial charge in [0.05, 0.1) is 25.0 Å². The first kappa shape index (κ1) is 34.9. The van der Waals surface area contributed by atoms with Crippen molar-refractivity contribution in [2.24, 2.45) is 11.3 Å². The number of carbonyl (C=O) groups is 1. The minimum Gasteiger partial charge on any atom is -0.508 e. The van der Waals surface area contributed by atoms with Crippen molar-refractivity contribution in [1.29, 1.82) is 0 Å². The zero-order valence-corrected chi connectivity index (χ0v) is 32.1. The Hall–Kier alpha value is -4.56. The Labute approximate surface area is 323 Å². The number of likely N-dealkylation sites (tertiary alicyclic amines) is 1. The van der Waals surface area contributed by atoms with Gasteiger partial charge in [0.25, 0.3) is 5.91 Å². The largest absolute Gasteiger partial charge is 0.508 e. The number of aromatic hydroxyl groups is 1. The van der Waals surface area contributed by atoms with Crippen molar-refractivity contribution in [2.45, 2.75) is 82.1 Å². The van der Waals surface area contributed by atoms with E-state index in [2.05, 4.69) is 52.4 Å². The summed E-state index contributed by atoms with van der Waals surface area (Å²) in [5, 5.41) is 13.3. The minimum absolute atomic E-state index is 0.0300. The van der Waals surface area contributed by atoms with Gasteiger partial charge in [0.1, 0.15) is 23.1 Å². The molecule has 2 N–H and O–H groups in total. The molecule has 4 aromatic carbocycles. The molecule has 7 nitrogen and oxygen atoms in total. The molecule has 4 heterocycles. The Morgan fingerprint density at radius 3 is 2.51 bits per heavy atom. The summed E-state index contributed by atoms with van der Waals surface area (Å²) < 4.78 is 28.8. The van der Waals surface area contributed by atoms with E-state index in [-0.39, 0.29) is 34.7 Å². The van der Waals surface area contributed by atoms with Crippen molar-refractivity contribution < 1.29 is 23.8 Å². The van der Waals surface area contributed by atoms with Crippen LogP contribution in [-0.4, -0.2) is 62.4 Å². The van der Waals surface area contributed by atoms with Gasteiger partial charge in [-0.25, -0.2) is 4.39 Å². The molecule has 2 unspecified atom stereocenters. The Morgan fingerprint density at radius 2 is 1.75 bits per heavy atom. The van der Waals surface area contributed by atoms with Crippen molar-refractivity contribution in [3.05, 3.63) is 117 Å². The van der Waals surface area contributed by atoms with Crippen LogP contribution in [0.4, 0.5) is 10.1 Å². The standard InChI is InChI=1S/C47H52FN3O4/c1-29-20-38-44(37-26-49-45(53)42(29)37)55-28-47(38)14-16-50(17-15-47)27-30-24-46(25-30)12-18-51(19-13-46)40-23-41(54-2)36(22-39(40)48)43-34(31-6-4-3-5-7-31)10-8-32-21-33(52)9-11-35(32)43/h3-7,9,11,20-23,30,34,43,52H,8,10,12-19,24-28H2,1-2H3,(H,49,53). The molecule has 0 bridgehead atoms. The maximum atomic E-state index is 16.4. The third kappa shape index (κ3) is 5.81. The first-order valence-electron chi connectivity index (χ1n) is 20.5. The smallest absolute Gasteiger partial charge is 0.252 e. The molecule has 2 saturated heterocycles. The number of rotatable bonds is 6. The molecule has 0 aromatic heterocycles. The molecule has 4 aliphatic heterocycles. The average Bonchev–Trinajstić information content (AvgIpc) is 3.75. The van der Waals surface area contributed by atoms with E-state index in [0.29, 0.717) is 17.6 Å². The summed E-state index contributed by atoms with van der Waals surface area (Å²) in [5.41, 5.74) is 9.75. The SMILES string of the molecule is COc1cc(N2CCC3(CC2)CC(CN2CCC4(CC2)COc2c4cc(C)c4c2CNC4=O)C3)c(F)cc1C1c2ccc(O)cc2CCC1c1ccccc1. The van der Waals surface area contributed by atoms with Crippen LogP contribution in [0.1, 0.15) is 106 Å². The number of anilines is 1. The Morgan fingerprint density at radius 1 is 0.964 bits per heavy atom. The molecular weight excluding hydrogens is 690 g/mol. The monoisotopic (exact) mass is 741 g/mol. The fourth-order valence-corrected chi connectivity index (χ4v) is 11.8. The number of phenols is 1. The predicted molar refractivity (Wildman–Crippen MR) is 212 cm³/mol. The van der Waals surface area contributed by atoms with E-state index < -0.39 is 0 Å². The molecule has 1 saturated carbocycles. The van der Waals surface area contributed by atoms with Gasteiger partial charge < -0.3 is 29.7 Å². The fourth-order valence-electron chi connectivity index (χ4n) is 11.8. The summed E-state index contributed by atoms with van der Waals surface area (Å²) in [6, 6.07) is 22.1. The molecule has 2 atom stereocenters. The lowest BCUT2D eigenvalue weighted by Gasteiger charge is -2.54. The number of phenolic OH excluding ortho intramolecular Hbond substituents is 1. The molecule has 2 spiro atoms. The number of nitrogens with one attached hydrogen (secondary N) is 1. The first-order valence-corrected chi connectivity index (χ1v) is 20.5. The number of nitrogens with zero attached hydrogens (tertiary/aromatic N) is 2. The number of ether oxygens (including phenoxy) is 2. The number of benzene rings is 4. The van der Waals surface area contributed by atoms with Crippen LogP contribution >= 0.6 is 0 Å². The second kappa shape index (κ2) is 13.3. The van der Waals surface area contributed by atoms with E-state index in [1.54, 1.807) is 19.2 Å². The quantitative estimate of drug-likeness (QED) is 0.207. The molecule has 0 radical (unpaired) electrons. The molecule has 2 aliphatic carbocycles. The number of methoxy groups -OCH3 is 1. The van der Waals surface area contributed by atoms with Crippen LogP contribution in [0, 0.1) is 24.1 Å². The number of hydrogen-bond acceptors (Lipinski definition) is 6. The van der Waals surface area contributed by atoms with E-state index in [1.807, 2.05) is 24.3 Å². The normalized spacial score (nSPS) is 23.8. The molecule has 55 heavy (non-hydrogen) atoms. The van der Waals surface area contributed by atoms with Gasteiger partial charge in [-0.2, -0.15) is 0 Å². The van der Waals surface area contributed by atoms with E-state index in [0.717, 1.165) is 129 Å². The number of halogens is 1. The van der Waals surface area contributed by atoms with Gasteiger partial charge in [-0.15, -0.1) is 0 Å². The van der Waals surface area contributed by atoms with Crippen molar-refractivity contribution in [1.82, 2.24) is 10.2 Å². The maximum absolute atomic E-state index is 16.4. The maximum Gasteiger partial charge on any atom is 0.252 e. The summed E-state index contributed by atoms with van der Waals surface area (Å²) in [7, 11) is 1.70. The molecule has 1 amide bonds. The average molecular weight is 742 g/mol. The second-order valence-corrected chi connectivity index (χ2v) is 17.7. The topological polar surface area (TPSA) is 74.3 Å². The molecule has 286 valence electrons. The van der Waals surface area contributed by atoms with Crippen molar-refractivity contribution in [3.63, 3.8) is 0 Å². The van der Waals surface area contributed by atoms with Gasteiger partial charge in [-0.1, -0.05) is 42.5 Å². The molecule has 8 heteroatoms. The Balaban J connectivity index is 0.787. The van der Waals surface area contributed by atoms with Crippen molar-refractivity contribution in [2.75, 3.05) is 51.3 Å². The lowest BCUT2D eigenvalue weighted by Crippen LogP contribution is -2.51. The number of amides is 1. The minimum atomic E-state index is -0.182. The third-order valence-electron chi connectivity index (χ3n) is 14.7. The number of aryl methyl sites for hydroxylation is 2. The highest BCUT2D eigenvalue weighted by Crippen LogP contribution is 2.55. The summed E-state index contributed by atoms with van der Waals surface area (Å²) in [6.07, 6.45) is 8.71. The molecule has 6 aliphatic rings. The van der Waals surface area contributed by atoms with Crippen LogP contribution in [0.15, 0.2) is 66.7 Å². The lowest BCUT2D eigenvalue weighted by molar-refractivity contribution is -0.000728. The summed E-state index contributed by atoms with van der Waals surface area (Å²) in [6.45, 7) is 8.44. The van der Waals surface area contributed by atoms with Crippen LogP contribution < -0.4 is 19.7 Å². The van der Waals surface area contributed by atoms with Crippen LogP contribution in [0.2, 0.25) is 0 Å². The lowest BCUT2D eigenvalue weighted by atomic mass is 9.57. The van der Waals surface area contributed by atoms with Gasteiger partial charge in [0, 0.05) is 60.3 Å². The van der Waals surface area contributed by atoms with Gasteiger partial charge in [0.2, 0.25) is 0 Å². The van der Waals surface area contributed by atoms with Crippen LogP contribution in [0.5, 0.6) is 17.2 Å². The number of piperidine rings is 2. The van der Waals surface area contributed by atoms with Crippen molar-refractivity contribution in [3.8, 4) is 17.2 Å². The molecular formula is C47H52FN3O4. The number of fused-ring (bicyclic) bond motifs is 5. The predicted octanol–water partition coefficient (Wildman–Crippen LogP) is 8.38. The molecule has 3 fully saturated rings. The summed E-state index contributed by atoms with van der Waals surface area (Å²) >= 11 is 0. The second-order valence-electron chi connectivity index (χ2n) is 17.7. The highest BCUT2D eigenvalue weighted by Gasteiger charge is 2.49. The number of hydrogen-bond donors (Lipinski definition) is 2. The zero-order chi connectivity index (χ0) is 37.5. The van der Waals surface area contributed by atoms with Crippen LogP contribution in [0.25, 0.3) is 0 Å². The summed E-state index contributed by atoms with van der Waals surface area (Å²) in [4.78, 5) is 17.3. The summed E-state index contributed by atoms with van der Waals surface area (Å²) in [5.74, 6) is 2.65. The highest BCUT2D eigenvalue weighted by atomic mass is 19.1. The Kier molecular flexibility index (Phi) is 8.43. The Bertz CT molecular complexity index is 2150. The number of carbonyl (C=O) groups excluding carboxylic acids is 1. The van der Waals surface area contributed by atoms with Gasteiger partial charge in [-0.05, 0) is 129 Å². The van der Waals surface area contributed by atoms with Gasteiger partial charge in [-0.3, -0.25) is 4.79 Å². The van der Waals surface area contributed by atoms with E-state index in [9.17, 15) is 9.90 Å². The highest BCUT2D eigenvalue weighted by molar-refractivity contribution is 6.01. The molecule has 4 aromatic rings. The fraction of sp³-hybridized carbons (Fsp3) is 0.468. The van der Waals surface area contributed by atoms with E-state index in [1.165, 1.54) is 24.0 Å². The van der Waals surface area contributed by atoms with Crippen LogP contribution in [0.3, 0.4) is 0 Å². The van der Waals surface area contributed by atoms with Gasteiger partial charge >= 0.3 is 0 Å². The van der Waals surface area contributed by atoms with Crippen molar-refractivity contribution >= 4 is 11.6 Å².